The standard InChI is InChI=1S/C15H18N4O2/c1-3-12-4-6-14(7-5-12)21-11-15(20)18-16-8-13-9-17-19(2)10-13/h4-10H,3,11H2,1-2H3,(H,18,20)/b16-8+. The number of carbonyl (C=O) groups is 1. The molecular weight excluding hydrogens is 268 g/mol. The van der Waals surface area contributed by atoms with Crippen LogP contribution in [0.15, 0.2) is 41.8 Å². The second kappa shape index (κ2) is 7.23. The molecule has 1 N–H and O–H groups in total. The molecule has 1 heterocycles. The number of hydrazone groups is 1. The number of rotatable bonds is 6. The van der Waals surface area contributed by atoms with Crippen LogP contribution in [0.1, 0.15) is 18.1 Å². The molecule has 0 radical (unpaired) electrons. The molecule has 0 aliphatic carbocycles. The maximum Gasteiger partial charge on any atom is 0.277 e. The first kappa shape index (κ1) is 14.8. The van der Waals surface area contributed by atoms with E-state index in [0.29, 0.717) is 5.75 Å². The molecule has 0 saturated carbocycles. The fourth-order valence-corrected chi connectivity index (χ4v) is 1.69. The summed E-state index contributed by atoms with van der Waals surface area (Å²) in [5.41, 5.74) is 4.44. The Morgan fingerprint density at radius 1 is 1.43 bits per heavy atom. The molecule has 0 aliphatic heterocycles. The van der Waals surface area contributed by atoms with E-state index in [1.807, 2.05) is 31.3 Å². The van der Waals surface area contributed by atoms with Crippen molar-refractivity contribution < 1.29 is 9.53 Å². The third-order valence-electron chi connectivity index (χ3n) is 2.83. The topological polar surface area (TPSA) is 68.5 Å². The number of ether oxygens (including phenoxy) is 1. The molecule has 0 spiro atoms. The fourth-order valence-electron chi connectivity index (χ4n) is 1.69. The minimum Gasteiger partial charge on any atom is -0.484 e. The van der Waals surface area contributed by atoms with Crippen molar-refractivity contribution in [2.45, 2.75) is 13.3 Å². The molecule has 1 aromatic heterocycles. The minimum absolute atomic E-state index is 0.0736. The highest BCUT2D eigenvalue weighted by atomic mass is 16.5. The zero-order valence-corrected chi connectivity index (χ0v) is 12.1. The Hall–Kier alpha value is -2.63. The Balaban J connectivity index is 1.75. The Morgan fingerprint density at radius 2 is 2.19 bits per heavy atom. The third kappa shape index (κ3) is 4.76. The number of carbonyl (C=O) groups excluding carboxylic acids is 1. The minimum atomic E-state index is -0.310. The van der Waals surface area contributed by atoms with E-state index in [2.05, 4.69) is 22.5 Å². The highest BCUT2D eigenvalue weighted by Crippen LogP contribution is 2.12. The lowest BCUT2D eigenvalue weighted by atomic mass is 10.2. The first-order valence-electron chi connectivity index (χ1n) is 6.69. The van der Waals surface area contributed by atoms with Crippen LogP contribution in [0.5, 0.6) is 5.75 Å². The molecule has 0 saturated heterocycles. The maximum atomic E-state index is 11.6. The quantitative estimate of drug-likeness (QED) is 0.646. The van der Waals surface area contributed by atoms with Crippen molar-refractivity contribution >= 4 is 12.1 Å². The molecule has 0 aliphatic rings. The maximum absolute atomic E-state index is 11.6. The Kier molecular flexibility index (Phi) is 5.09. The number of aromatic nitrogens is 2. The van der Waals surface area contributed by atoms with Gasteiger partial charge in [-0.1, -0.05) is 19.1 Å². The van der Waals surface area contributed by atoms with Gasteiger partial charge in [-0.25, -0.2) is 5.43 Å². The first-order chi connectivity index (χ1) is 10.2. The smallest absolute Gasteiger partial charge is 0.277 e. The second-order valence-corrected chi connectivity index (χ2v) is 4.53. The third-order valence-corrected chi connectivity index (χ3v) is 2.83. The highest BCUT2D eigenvalue weighted by Gasteiger charge is 2.01. The first-order valence-corrected chi connectivity index (χ1v) is 6.69. The number of aryl methyl sites for hydroxylation is 2. The predicted octanol–water partition coefficient (Wildman–Crippen LogP) is 1.51. The van der Waals surface area contributed by atoms with Crippen LogP contribution in [0.4, 0.5) is 0 Å². The molecule has 6 nitrogen and oxygen atoms in total. The molecular formula is C15H18N4O2. The molecule has 0 fully saturated rings. The van der Waals surface area contributed by atoms with Crippen LogP contribution >= 0.6 is 0 Å². The fraction of sp³-hybridized carbons (Fsp3) is 0.267. The van der Waals surface area contributed by atoms with Gasteiger partial charge in [0.15, 0.2) is 6.61 Å². The van der Waals surface area contributed by atoms with Crippen molar-refractivity contribution in [2.24, 2.45) is 12.1 Å². The average molecular weight is 286 g/mol. The van der Waals surface area contributed by atoms with E-state index >= 15 is 0 Å². The summed E-state index contributed by atoms with van der Waals surface area (Å²) in [4.78, 5) is 11.6. The van der Waals surface area contributed by atoms with Gasteiger partial charge in [0, 0.05) is 18.8 Å². The molecule has 2 aromatic rings. The van der Waals surface area contributed by atoms with Gasteiger partial charge in [-0.2, -0.15) is 10.2 Å². The molecule has 6 heteroatoms. The van der Waals surface area contributed by atoms with Crippen LogP contribution in [0.2, 0.25) is 0 Å². The predicted molar refractivity (Wildman–Crippen MR) is 80.3 cm³/mol. The molecule has 110 valence electrons. The summed E-state index contributed by atoms with van der Waals surface area (Å²) < 4.78 is 7.03. The number of benzene rings is 1. The van der Waals surface area contributed by atoms with Crippen LogP contribution in [0.3, 0.4) is 0 Å². The van der Waals surface area contributed by atoms with E-state index < -0.39 is 0 Å². The van der Waals surface area contributed by atoms with Crippen molar-refractivity contribution in [1.82, 2.24) is 15.2 Å². The zero-order valence-electron chi connectivity index (χ0n) is 12.1. The van der Waals surface area contributed by atoms with Gasteiger partial charge in [0.25, 0.3) is 5.91 Å². The lowest BCUT2D eigenvalue weighted by Crippen LogP contribution is -2.24. The van der Waals surface area contributed by atoms with E-state index in [9.17, 15) is 4.79 Å². The van der Waals surface area contributed by atoms with Crippen molar-refractivity contribution in [1.29, 1.82) is 0 Å². The summed E-state index contributed by atoms with van der Waals surface area (Å²) in [7, 11) is 1.81. The van der Waals surface area contributed by atoms with E-state index in [1.54, 1.807) is 17.1 Å². The summed E-state index contributed by atoms with van der Waals surface area (Å²) >= 11 is 0. The van der Waals surface area contributed by atoms with Gasteiger partial charge < -0.3 is 4.74 Å². The monoisotopic (exact) mass is 286 g/mol. The van der Waals surface area contributed by atoms with E-state index in [4.69, 9.17) is 4.74 Å². The van der Waals surface area contributed by atoms with E-state index in [-0.39, 0.29) is 12.5 Å². The molecule has 0 unspecified atom stereocenters. The van der Waals surface area contributed by atoms with Gasteiger partial charge in [0.05, 0.1) is 12.4 Å². The van der Waals surface area contributed by atoms with Crippen LogP contribution in [0, 0.1) is 0 Å². The van der Waals surface area contributed by atoms with Gasteiger partial charge in [0.2, 0.25) is 0 Å². The summed E-state index contributed by atoms with van der Waals surface area (Å²) in [5.74, 6) is 0.355. The van der Waals surface area contributed by atoms with Gasteiger partial charge in [-0.15, -0.1) is 0 Å². The number of hydrogen-bond donors (Lipinski definition) is 1. The summed E-state index contributed by atoms with van der Waals surface area (Å²) in [5, 5.41) is 7.83. The number of nitrogens with zero attached hydrogens (tertiary/aromatic N) is 3. The van der Waals surface area contributed by atoms with E-state index in [0.717, 1.165) is 12.0 Å². The van der Waals surface area contributed by atoms with Gasteiger partial charge >= 0.3 is 0 Å². The largest absolute Gasteiger partial charge is 0.484 e. The Morgan fingerprint density at radius 3 is 2.81 bits per heavy atom. The van der Waals surface area contributed by atoms with Crippen LogP contribution < -0.4 is 10.2 Å². The average Bonchev–Trinajstić information content (AvgIpc) is 2.91. The van der Waals surface area contributed by atoms with Crippen LogP contribution in [0.25, 0.3) is 0 Å². The zero-order chi connectivity index (χ0) is 15.1. The van der Waals surface area contributed by atoms with Crippen molar-refractivity contribution in [3.05, 3.63) is 47.8 Å². The van der Waals surface area contributed by atoms with Crippen molar-refractivity contribution in [3.8, 4) is 5.75 Å². The molecule has 1 amide bonds. The SMILES string of the molecule is CCc1ccc(OCC(=O)N/N=C/c2cnn(C)c2)cc1. The second-order valence-electron chi connectivity index (χ2n) is 4.53. The Bertz CT molecular complexity index is 617. The molecule has 0 bridgehead atoms. The lowest BCUT2D eigenvalue weighted by Gasteiger charge is -2.05. The van der Waals surface area contributed by atoms with Crippen LogP contribution in [-0.2, 0) is 18.3 Å². The summed E-state index contributed by atoms with van der Waals surface area (Å²) in [6.07, 6.45) is 5.95. The number of nitrogens with one attached hydrogen (secondary N) is 1. The lowest BCUT2D eigenvalue weighted by molar-refractivity contribution is -0.123. The number of amides is 1. The highest BCUT2D eigenvalue weighted by molar-refractivity contribution is 5.82. The molecule has 1 aromatic carbocycles. The molecule has 0 atom stereocenters. The normalized spacial score (nSPS) is 10.8. The van der Waals surface area contributed by atoms with Crippen LogP contribution in [-0.4, -0.2) is 28.5 Å². The van der Waals surface area contributed by atoms with Gasteiger partial charge in [0.1, 0.15) is 5.75 Å². The van der Waals surface area contributed by atoms with Gasteiger partial charge in [-0.05, 0) is 24.1 Å². The van der Waals surface area contributed by atoms with Crippen molar-refractivity contribution in [3.63, 3.8) is 0 Å². The van der Waals surface area contributed by atoms with Gasteiger partial charge in [-0.3, -0.25) is 9.48 Å². The Labute approximate surface area is 123 Å². The molecule has 2 rings (SSSR count). The van der Waals surface area contributed by atoms with E-state index in [1.165, 1.54) is 11.8 Å². The molecule has 21 heavy (non-hydrogen) atoms. The van der Waals surface area contributed by atoms with Crippen molar-refractivity contribution in [2.75, 3.05) is 6.61 Å². The summed E-state index contributed by atoms with van der Waals surface area (Å²) in [6, 6.07) is 7.66. The summed E-state index contributed by atoms with van der Waals surface area (Å²) in [6.45, 7) is 2.01. The number of hydrogen-bond acceptors (Lipinski definition) is 4.